The predicted molar refractivity (Wildman–Crippen MR) is 171 cm³/mol. The summed E-state index contributed by atoms with van der Waals surface area (Å²) in [4.78, 5) is 14.8. The second-order valence-electron chi connectivity index (χ2n) is 10.5. The third-order valence-corrected chi connectivity index (χ3v) is 8.22. The number of piperazine rings is 1. The van der Waals surface area contributed by atoms with Crippen LogP contribution in [0.15, 0.2) is 108 Å². The molecule has 0 spiro atoms. The number of nitriles is 1. The largest absolute Gasteiger partial charge is 0.339 e. The first-order valence-electron chi connectivity index (χ1n) is 14.0. The average molecular weight is 594 g/mol. The number of anilines is 2. The van der Waals surface area contributed by atoms with E-state index in [4.69, 9.17) is 33.2 Å². The number of hydrogen-bond donors (Lipinski definition) is 1. The van der Waals surface area contributed by atoms with Crippen LogP contribution >= 0.6 is 23.2 Å². The molecule has 1 fully saturated rings. The first kappa shape index (κ1) is 28.1. The smallest absolute Gasteiger partial charge is 0.145 e. The molecule has 6 rings (SSSR count). The topological polar surface area (TPSA) is 68.1 Å². The summed E-state index contributed by atoms with van der Waals surface area (Å²) >= 11 is 12.5. The van der Waals surface area contributed by atoms with Crippen LogP contribution in [-0.2, 0) is 6.54 Å². The minimum Gasteiger partial charge on any atom is -0.339 e. The molecule has 0 saturated carbocycles. The Balaban J connectivity index is 1.21. The lowest BCUT2D eigenvalue weighted by Crippen LogP contribution is -2.47. The van der Waals surface area contributed by atoms with Crippen LogP contribution in [-0.4, -0.2) is 45.9 Å². The van der Waals surface area contributed by atoms with Gasteiger partial charge in [0.2, 0.25) is 0 Å². The van der Waals surface area contributed by atoms with Crippen LogP contribution < -0.4 is 5.32 Å². The maximum Gasteiger partial charge on any atom is 0.145 e. The van der Waals surface area contributed by atoms with Crippen molar-refractivity contribution in [3.8, 4) is 6.07 Å². The highest BCUT2D eigenvalue weighted by Gasteiger charge is 2.28. The monoisotopic (exact) mass is 592 g/mol. The molecule has 2 aliphatic rings. The Bertz CT molecular complexity index is 1710. The lowest BCUT2D eigenvalue weighted by Gasteiger charge is -2.40. The molecule has 1 atom stereocenters. The maximum atomic E-state index is 9.58. The summed E-state index contributed by atoms with van der Waals surface area (Å²) in [6.45, 7) is 4.22. The molecule has 1 aliphatic heterocycles. The fourth-order valence-corrected chi connectivity index (χ4v) is 5.89. The number of rotatable bonds is 7. The Labute approximate surface area is 256 Å². The summed E-state index contributed by atoms with van der Waals surface area (Å²) in [5, 5.41) is 15.4. The Kier molecular flexibility index (Phi) is 8.64. The second-order valence-corrected chi connectivity index (χ2v) is 11.3. The van der Waals surface area contributed by atoms with E-state index in [1.165, 1.54) is 11.1 Å². The van der Waals surface area contributed by atoms with Gasteiger partial charge in [0.15, 0.2) is 0 Å². The Morgan fingerprint density at radius 3 is 2.45 bits per heavy atom. The molecule has 210 valence electrons. The zero-order valence-electron chi connectivity index (χ0n) is 23.0. The van der Waals surface area contributed by atoms with Crippen molar-refractivity contribution in [3.63, 3.8) is 0 Å². The van der Waals surface area contributed by atoms with E-state index < -0.39 is 0 Å². The first-order valence-corrected chi connectivity index (χ1v) is 14.8. The van der Waals surface area contributed by atoms with Crippen molar-refractivity contribution < 1.29 is 0 Å². The Morgan fingerprint density at radius 1 is 0.881 bits per heavy atom. The number of allylic oxidation sites excluding steroid dienone is 5. The summed E-state index contributed by atoms with van der Waals surface area (Å²) in [6.07, 6.45) is 9.09. The number of halogens is 2. The van der Waals surface area contributed by atoms with Crippen LogP contribution in [0.4, 0.5) is 11.5 Å². The predicted octanol–water partition coefficient (Wildman–Crippen LogP) is 7.77. The van der Waals surface area contributed by atoms with E-state index in [1.54, 1.807) is 6.07 Å². The minimum absolute atomic E-state index is 0.140. The molecule has 0 bridgehead atoms. The lowest BCUT2D eigenvalue weighted by molar-refractivity contribution is 0.101. The van der Waals surface area contributed by atoms with Gasteiger partial charge in [-0.05, 0) is 66.1 Å². The number of nitrogens with zero attached hydrogens (tertiary/aromatic N) is 5. The molecule has 3 aromatic carbocycles. The van der Waals surface area contributed by atoms with Crippen molar-refractivity contribution in [2.24, 2.45) is 0 Å². The van der Waals surface area contributed by atoms with Crippen LogP contribution in [0.2, 0.25) is 5.02 Å². The molecule has 0 amide bonds. The summed E-state index contributed by atoms with van der Waals surface area (Å²) < 4.78 is 0. The third-order valence-electron chi connectivity index (χ3n) is 7.71. The average Bonchev–Trinajstić information content (AvgIpc) is 3.23. The van der Waals surface area contributed by atoms with E-state index in [0.29, 0.717) is 17.9 Å². The number of nitrogens with one attached hydrogen (secondary N) is 1. The van der Waals surface area contributed by atoms with Gasteiger partial charge in [0, 0.05) is 41.6 Å². The number of fused-ring (bicyclic) bond motifs is 1. The molecule has 42 heavy (non-hydrogen) atoms. The highest BCUT2D eigenvalue weighted by molar-refractivity contribution is 6.31. The number of aromatic nitrogens is 2. The zero-order chi connectivity index (χ0) is 28.9. The quantitative estimate of drug-likeness (QED) is 0.236. The molecule has 6 nitrogen and oxygen atoms in total. The van der Waals surface area contributed by atoms with Gasteiger partial charge in [0.25, 0.3) is 0 Å². The summed E-state index contributed by atoms with van der Waals surface area (Å²) in [7, 11) is 0. The fraction of sp³-hybridized carbons (Fsp3) is 0.206. The van der Waals surface area contributed by atoms with Gasteiger partial charge in [-0.2, -0.15) is 5.26 Å². The standard InChI is InChI=1S/C34H30Cl2N6/c35-27-8-5-7-24(12-15-27)33(25-13-16-28(36)17-14-25)42-20-18-41(19-21-42)23-32-38-31-11-4-2-9-29(31)34(40-32)39-30-10-3-1-6-26(30)22-37/h1-6,8-17,33H,7,18-21,23H2,(H,38,39,40). The summed E-state index contributed by atoms with van der Waals surface area (Å²) in [5.74, 6) is 1.46. The normalized spacial score (nSPS) is 16.8. The van der Waals surface area contributed by atoms with Crippen LogP contribution in [0.25, 0.3) is 10.9 Å². The zero-order valence-corrected chi connectivity index (χ0v) is 24.6. The van der Waals surface area contributed by atoms with Gasteiger partial charge < -0.3 is 5.32 Å². The molecule has 1 saturated heterocycles. The highest BCUT2D eigenvalue weighted by atomic mass is 35.5. The summed E-state index contributed by atoms with van der Waals surface area (Å²) in [6, 6.07) is 26.0. The second kappa shape index (κ2) is 12.9. The fourth-order valence-electron chi connectivity index (χ4n) is 5.61. The van der Waals surface area contributed by atoms with Crippen LogP contribution in [0.5, 0.6) is 0 Å². The van der Waals surface area contributed by atoms with E-state index in [-0.39, 0.29) is 6.04 Å². The minimum atomic E-state index is 0.140. The molecule has 1 aliphatic carbocycles. The van der Waals surface area contributed by atoms with Crippen molar-refractivity contribution in [1.82, 2.24) is 19.8 Å². The van der Waals surface area contributed by atoms with Gasteiger partial charge in [-0.15, -0.1) is 0 Å². The van der Waals surface area contributed by atoms with E-state index in [9.17, 15) is 5.26 Å². The molecular weight excluding hydrogens is 563 g/mol. The first-order chi connectivity index (χ1) is 20.6. The van der Waals surface area contributed by atoms with Crippen molar-refractivity contribution >= 4 is 45.6 Å². The molecule has 0 radical (unpaired) electrons. The van der Waals surface area contributed by atoms with Crippen molar-refractivity contribution in [2.45, 2.75) is 19.0 Å². The van der Waals surface area contributed by atoms with Crippen LogP contribution in [0.1, 0.15) is 29.4 Å². The summed E-state index contributed by atoms with van der Waals surface area (Å²) in [5.41, 5.74) is 4.72. The van der Waals surface area contributed by atoms with Gasteiger partial charge in [-0.3, -0.25) is 9.80 Å². The van der Waals surface area contributed by atoms with E-state index >= 15 is 0 Å². The van der Waals surface area contributed by atoms with Gasteiger partial charge in [-0.25, -0.2) is 9.97 Å². The van der Waals surface area contributed by atoms with E-state index in [0.717, 1.165) is 65.1 Å². The van der Waals surface area contributed by atoms with Gasteiger partial charge >= 0.3 is 0 Å². The van der Waals surface area contributed by atoms with Gasteiger partial charge in [0.1, 0.15) is 17.7 Å². The van der Waals surface area contributed by atoms with Crippen molar-refractivity contribution in [1.29, 1.82) is 5.26 Å². The van der Waals surface area contributed by atoms with Crippen molar-refractivity contribution in [3.05, 3.63) is 130 Å². The third kappa shape index (κ3) is 6.41. The maximum absolute atomic E-state index is 9.58. The Hall–Kier alpha value is -3.99. The van der Waals surface area contributed by atoms with Gasteiger partial charge in [0.05, 0.1) is 29.4 Å². The van der Waals surface area contributed by atoms with Crippen LogP contribution in [0.3, 0.4) is 0 Å². The molecule has 2 heterocycles. The molecule has 1 N–H and O–H groups in total. The number of hydrogen-bond acceptors (Lipinski definition) is 6. The van der Waals surface area contributed by atoms with Crippen LogP contribution in [0, 0.1) is 11.3 Å². The number of benzene rings is 3. The lowest BCUT2D eigenvalue weighted by atomic mass is 9.93. The van der Waals surface area contributed by atoms with Gasteiger partial charge in [-0.1, -0.05) is 71.8 Å². The molecular formula is C34H30Cl2N6. The Morgan fingerprint density at radius 2 is 1.64 bits per heavy atom. The highest BCUT2D eigenvalue weighted by Crippen LogP contribution is 2.34. The SMILES string of the molecule is N#Cc1ccccc1Nc1nc(CN2CCN(C(C3=CC=C(Cl)C=CC3)c3ccc(Cl)cc3)CC2)nc2ccccc12. The molecule has 8 heteroatoms. The van der Waals surface area contributed by atoms with E-state index in [1.807, 2.05) is 66.7 Å². The molecule has 1 unspecified atom stereocenters. The van der Waals surface area contributed by atoms with Crippen molar-refractivity contribution in [2.75, 3.05) is 31.5 Å². The molecule has 1 aromatic heterocycles. The number of para-hydroxylation sites is 2. The van der Waals surface area contributed by atoms with E-state index in [2.05, 4.69) is 45.5 Å². The molecule has 4 aromatic rings.